The summed E-state index contributed by atoms with van der Waals surface area (Å²) in [5.41, 5.74) is 1.18. The zero-order chi connectivity index (χ0) is 32.6. The first-order valence-corrected chi connectivity index (χ1v) is 15.1. The highest BCUT2D eigenvalue weighted by Gasteiger charge is 2.29. The third kappa shape index (κ3) is 6.33. The SMILES string of the molecule is CCC(C)(C)CCCCc1c(-c2ccc(F)c(F)c2Nc2ccc(C)cc2F)n(-c2ccc(C)cc2F)c2c(F)c(F)ccc12. The first-order chi connectivity index (χ1) is 21.3. The topological polar surface area (TPSA) is 17.0 Å². The van der Waals surface area contributed by atoms with Gasteiger partial charge < -0.3 is 9.88 Å². The molecule has 0 spiro atoms. The molecule has 0 atom stereocenters. The molecule has 0 aliphatic carbocycles. The van der Waals surface area contributed by atoms with Crippen LogP contribution >= 0.6 is 0 Å². The van der Waals surface area contributed by atoms with Crippen LogP contribution in [0.5, 0.6) is 0 Å². The lowest BCUT2D eigenvalue weighted by Gasteiger charge is -2.22. The van der Waals surface area contributed by atoms with Gasteiger partial charge in [0.25, 0.3) is 0 Å². The third-order valence-corrected chi connectivity index (χ3v) is 8.69. The van der Waals surface area contributed by atoms with Crippen LogP contribution in [0.25, 0.3) is 27.8 Å². The maximum absolute atomic E-state index is 15.8. The molecule has 0 radical (unpaired) electrons. The fraction of sp³-hybridized carbons (Fsp3) is 0.297. The molecule has 2 nitrogen and oxygen atoms in total. The molecule has 1 aromatic heterocycles. The van der Waals surface area contributed by atoms with Gasteiger partial charge in [-0.1, -0.05) is 45.7 Å². The number of nitrogens with one attached hydrogen (secondary N) is 1. The quantitative estimate of drug-likeness (QED) is 0.121. The molecule has 0 bridgehead atoms. The summed E-state index contributed by atoms with van der Waals surface area (Å²) in [7, 11) is 0. The molecule has 0 saturated heterocycles. The molecule has 4 aromatic carbocycles. The molecule has 0 aliphatic heterocycles. The second kappa shape index (κ2) is 12.7. The number of aromatic nitrogens is 1. The van der Waals surface area contributed by atoms with Crippen molar-refractivity contribution in [1.82, 2.24) is 4.57 Å². The van der Waals surface area contributed by atoms with E-state index < -0.39 is 40.6 Å². The zero-order valence-electron chi connectivity index (χ0n) is 26.0. The van der Waals surface area contributed by atoms with E-state index in [2.05, 4.69) is 26.1 Å². The second-order valence-corrected chi connectivity index (χ2v) is 12.5. The predicted octanol–water partition coefficient (Wildman–Crippen LogP) is 11.6. The van der Waals surface area contributed by atoms with Crippen LogP contribution in [0.1, 0.15) is 63.1 Å². The second-order valence-electron chi connectivity index (χ2n) is 12.5. The number of aryl methyl sites for hydroxylation is 3. The van der Waals surface area contributed by atoms with E-state index in [0.29, 0.717) is 34.9 Å². The summed E-state index contributed by atoms with van der Waals surface area (Å²) in [5, 5.41) is 3.02. The lowest BCUT2D eigenvalue weighted by atomic mass is 9.84. The molecule has 45 heavy (non-hydrogen) atoms. The lowest BCUT2D eigenvalue weighted by molar-refractivity contribution is 0.309. The Hall–Kier alpha value is -4.20. The van der Waals surface area contributed by atoms with Crippen molar-refractivity contribution in [3.05, 3.63) is 112 Å². The molecular weight excluding hydrogens is 586 g/mol. The van der Waals surface area contributed by atoms with Crippen molar-refractivity contribution < 1.29 is 26.3 Å². The molecule has 8 heteroatoms. The maximum Gasteiger partial charge on any atom is 0.183 e. The molecule has 0 saturated carbocycles. The van der Waals surface area contributed by atoms with Crippen LogP contribution in [-0.2, 0) is 6.42 Å². The Morgan fingerprint density at radius 3 is 2.02 bits per heavy atom. The zero-order valence-corrected chi connectivity index (χ0v) is 26.0. The van der Waals surface area contributed by atoms with Gasteiger partial charge in [-0.15, -0.1) is 0 Å². The van der Waals surface area contributed by atoms with Crippen molar-refractivity contribution in [2.24, 2.45) is 5.41 Å². The lowest BCUT2D eigenvalue weighted by Crippen LogP contribution is -2.09. The van der Waals surface area contributed by atoms with E-state index >= 15 is 13.2 Å². The summed E-state index contributed by atoms with van der Waals surface area (Å²) in [6, 6.07) is 13.2. The number of unbranched alkanes of at least 4 members (excludes halogenated alkanes) is 1. The number of rotatable bonds is 10. The summed E-state index contributed by atoms with van der Waals surface area (Å²) in [4.78, 5) is 0. The van der Waals surface area contributed by atoms with Crippen LogP contribution < -0.4 is 5.32 Å². The number of hydrogen-bond acceptors (Lipinski definition) is 1. The Labute approximate surface area is 259 Å². The van der Waals surface area contributed by atoms with Crippen LogP contribution in [-0.4, -0.2) is 4.57 Å². The van der Waals surface area contributed by atoms with Crippen molar-refractivity contribution in [2.45, 2.75) is 66.7 Å². The van der Waals surface area contributed by atoms with Crippen molar-refractivity contribution in [3.8, 4) is 16.9 Å². The van der Waals surface area contributed by atoms with Crippen molar-refractivity contribution in [2.75, 3.05) is 5.32 Å². The molecule has 0 fully saturated rings. The number of nitrogens with zero attached hydrogens (tertiary/aromatic N) is 1. The summed E-state index contributed by atoms with van der Waals surface area (Å²) in [6.45, 7) is 9.85. The van der Waals surface area contributed by atoms with Gasteiger partial charge in [0, 0.05) is 10.9 Å². The molecule has 5 aromatic rings. The van der Waals surface area contributed by atoms with Crippen molar-refractivity contribution >= 4 is 22.3 Å². The van der Waals surface area contributed by atoms with Crippen LogP contribution in [0.2, 0.25) is 0 Å². The van der Waals surface area contributed by atoms with E-state index in [-0.39, 0.29) is 33.6 Å². The first-order valence-electron chi connectivity index (χ1n) is 15.1. The van der Waals surface area contributed by atoms with Gasteiger partial charge in [-0.25, -0.2) is 26.3 Å². The van der Waals surface area contributed by atoms with Gasteiger partial charge in [0.2, 0.25) is 0 Å². The first kappa shape index (κ1) is 32.2. The Bertz CT molecular complexity index is 1890. The number of fused-ring (bicyclic) bond motifs is 1. The summed E-state index contributed by atoms with van der Waals surface area (Å²) < 4.78 is 93.2. The summed E-state index contributed by atoms with van der Waals surface area (Å²) in [5.74, 6) is -6.23. The number of anilines is 2. The monoisotopic (exact) mass is 622 g/mol. The molecule has 0 unspecified atom stereocenters. The number of hydrogen-bond donors (Lipinski definition) is 1. The van der Waals surface area contributed by atoms with E-state index in [1.165, 1.54) is 41.0 Å². The normalized spacial score (nSPS) is 11.9. The number of halogens is 6. The molecule has 0 aliphatic rings. The van der Waals surface area contributed by atoms with Crippen LogP contribution in [0.3, 0.4) is 0 Å². The van der Waals surface area contributed by atoms with E-state index in [4.69, 9.17) is 0 Å². The fourth-order valence-electron chi connectivity index (χ4n) is 5.76. The Balaban J connectivity index is 1.83. The van der Waals surface area contributed by atoms with Gasteiger partial charge >= 0.3 is 0 Å². The number of benzene rings is 4. The summed E-state index contributed by atoms with van der Waals surface area (Å²) >= 11 is 0. The highest BCUT2D eigenvalue weighted by atomic mass is 19.2. The Morgan fingerprint density at radius 1 is 0.711 bits per heavy atom. The highest BCUT2D eigenvalue weighted by molar-refractivity contribution is 5.97. The standard InChI is InChI=1S/C37H36F6N2/c1-6-37(4,5)18-8-7-9-23-24-12-14-27(39)33(43)36(24)45(31-17-11-22(3)20-29(31)41)35(23)25-13-15-26(38)32(42)34(25)44-30-16-10-21(2)19-28(30)40/h10-17,19-20,44H,6-9,18H2,1-5H3. The average molecular weight is 623 g/mol. The van der Waals surface area contributed by atoms with Crippen LogP contribution in [0, 0.1) is 54.2 Å². The van der Waals surface area contributed by atoms with Crippen molar-refractivity contribution in [3.63, 3.8) is 0 Å². The Kier molecular flexibility index (Phi) is 9.06. The van der Waals surface area contributed by atoms with Gasteiger partial charge in [-0.05, 0) is 104 Å². The van der Waals surface area contributed by atoms with Gasteiger partial charge in [-0.2, -0.15) is 0 Å². The van der Waals surface area contributed by atoms with Gasteiger partial charge in [0.1, 0.15) is 11.6 Å². The van der Waals surface area contributed by atoms with E-state index in [0.717, 1.165) is 31.4 Å². The smallest absolute Gasteiger partial charge is 0.183 e. The minimum Gasteiger partial charge on any atom is -0.350 e. The molecule has 236 valence electrons. The molecule has 5 rings (SSSR count). The highest BCUT2D eigenvalue weighted by Crippen LogP contribution is 2.44. The van der Waals surface area contributed by atoms with Crippen molar-refractivity contribution in [1.29, 1.82) is 0 Å². The molecule has 0 amide bonds. The predicted molar refractivity (Wildman–Crippen MR) is 169 cm³/mol. The molecule has 1 heterocycles. The molecular formula is C37H36F6N2. The van der Waals surface area contributed by atoms with Gasteiger partial charge in [0.05, 0.1) is 28.3 Å². The maximum atomic E-state index is 15.8. The minimum absolute atomic E-state index is 0.0359. The third-order valence-electron chi connectivity index (χ3n) is 8.69. The van der Waals surface area contributed by atoms with Gasteiger partial charge in [0.15, 0.2) is 23.3 Å². The minimum atomic E-state index is -1.30. The molecule has 1 N–H and O–H groups in total. The summed E-state index contributed by atoms with van der Waals surface area (Å²) in [6.07, 6.45) is 3.71. The average Bonchev–Trinajstić information content (AvgIpc) is 3.31. The van der Waals surface area contributed by atoms with E-state index in [1.54, 1.807) is 26.0 Å². The van der Waals surface area contributed by atoms with Crippen LogP contribution in [0.4, 0.5) is 37.7 Å². The largest absolute Gasteiger partial charge is 0.350 e. The van der Waals surface area contributed by atoms with E-state index in [1.807, 2.05) is 0 Å². The van der Waals surface area contributed by atoms with Crippen LogP contribution in [0.15, 0.2) is 60.7 Å². The van der Waals surface area contributed by atoms with Gasteiger partial charge in [-0.3, -0.25) is 0 Å². The fourth-order valence-corrected chi connectivity index (χ4v) is 5.76. The Morgan fingerprint density at radius 2 is 1.36 bits per heavy atom. The van der Waals surface area contributed by atoms with E-state index in [9.17, 15) is 13.2 Å².